The van der Waals surface area contributed by atoms with Crippen LogP contribution < -0.4 is 5.73 Å². The molecule has 1 saturated heterocycles. The molecule has 1 atom stereocenters. The molecule has 2 aliphatic rings. The SMILES string of the molecule is CC1(C)C(C2(CCN)CCC2)CCS1(=O)=O. The van der Waals surface area contributed by atoms with Crippen molar-refractivity contribution in [3.63, 3.8) is 0 Å². The second-order valence-corrected chi connectivity index (χ2v) is 8.71. The van der Waals surface area contributed by atoms with Crippen LogP contribution in [0.15, 0.2) is 0 Å². The molecule has 0 spiro atoms. The smallest absolute Gasteiger partial charge is 0.155 e. The van der Waals surface area contributed by atoms with Gasteiger partial charge in [-0.3, -0.25) is 0 Å². The van der Waals surface area contributed by atoms with Gasteiger partial charge in [0.05, 0.1) is 10.5 Å². The Hall–Kier alpha value is -0.0900. The minimum atomic E-state index is -2.89. The van der Waals surface area contributed by atoms with E-state index in [1.807, 2.05) is 13.8 Å². The molecule has 2 fully saturated rings. The van der Waals surface area contributed by atoms with Crippen LogP contribution in [0.1, 0.15) is 46.0 Å². The van der Waals surface area contributed by atoms with E-state index in [2.05, 4.69) is 0 Å². The van der Waals surface area contributed by atoms with Crippen molar-refractivity contribution in [3.8, 4) is 0 Å². The summed E-state index contributed by atoms with van der Waals surface area (Å²) in [6.07, 6.45) is 5.43. The predicted octanol–water partition coefficient (Wildman–Crippen LogP) is 1.72. The summed E-state index contributed by atoms with van der Waals surface area (Å²) in [5, 5.41) is 0. The zero-order valence-corrected chi connectivity index (χ0v) is 11.1. The molecule has 0 aromatic rings. The zero-order chi connectivity index (χ0) is 12.0. The van der Waals surface area contributed by atoms with E-state index in [4.69, 9.17) is 5.73 Å². The topological polar surface area (TPSA) is 60.2 Å². The fourth-order valence-electron chi connectivity index (χ4n) is 3.84. The van der Waals surface area contributed by atoms with Gasteiger partial charge in [0, 0.05) is 0 Å². The number of rotatable bonds is 3. The van der Waals surface area contributed by atoms with Gasteiger partial charge in [-0.2, -0.15) is 0 Å². The third-order valence-corrected chi connectivity index (χ3v) is 7.71. The lowest BCUT2D eigenvalue weighted by Gasteiger charge is -2.50. The molecule has 1 heterocycles. The van der Waals surface area contributed by atoms with Gasteiger partial charge in [-0.1, -0.05) is 6.42 Å². The Morgan fingerprint density at radius 1 is 1.31 bits per heavy atom. The van der Waals surface area contributed by atoms with E-state index in [0.29, 0.717) is 18.2 Å². The minimum Gasteiger partial charge on any atom is -0.330 e. The average molecular weight is 245 g/mol. The molecule has 3 nitrogen and oxygen atoms in total. The molecular formula is C12H23NO2S. The monoisotopic (exact) mass is 245 g/mol. The lowest BCUT2D eigenvalue weighted by Crippen LogP contribution is -2.48. The van der Waals surface area contributed by atoms with Crippen LogP contribution in [0.25, 0.3) is 0 Å². The second kappa shape index (κ2) is 3.70. The number of nitrogens with two attached hydrogens (primary N) is 1. The first-order valence-electron chi connectivity index (χ1n) is 6.28. The Kier molecular flexibility index (Phi) is 2.86. The van der Waals surface area contributed by atoms with Crippen LogP contribution in [-0.2, 0) is 9.84 Å². The lowest BCUT2D eigenvalue weighted by atomic mass is 9.56. The summed E-state index contributed by atoms with van der Waals surface area (Å²) in [5.41, 5.74) is 5.94. The van der Waals surface area contributed by atoms with Crippen LogP contribution in [0.4, 0.5) is 0 Å². The number of sulfone groups is 1. The quantitative estimate of drug-likeness (QED) is 0.823. The van der Waals surface area contributed by atoms with Crippen LogP contribution in [0, 0.1) is 11.3 Å². The van der Waals surface area contributed by atoms with Crippen molar-refractivity contribution >= 4 is 9.84 Å². The first kappa shape index (κ1) is 12.4. The van der Waals surface area contributed by atoms with Gasteiger partial charge in [-0.05, 0) is 57.4 Å². The van der Waals surface area contributed by atoms with Crippen LogP contribution >= 0.6 is 0 Å². The Labute approximate surface area is 98.7 Å². The Bertz CT molecular complexity index is 368. The fraction of sp³-hybridized carbons (Fsp3) is 1.00. The van der Waals surface area contributed by atoms with Crippen molar-refractivity contribution in [1.82, 2.24) is 0 Å². The lowest BCUT2D eigenvalue weighted by molar-refractivity contribution is 0.0258. The maximum atomic E-state index is 12.1. The Balaban J connectivity index is 2.29. The molecule has 1 unspecified atom stereocenters. The normalized spacial score (nSPS) is 34.6. The van der Waals surface area contributed by atoms with Crippen LogP contribution in [0.3, 0.4) is 0 Å². The Morgan fingerprint density at radius 3 is 2.25 bits per heavy atom. The highest BCUT2D eigenvalue weighted by atomic mass is 32.2. The molecule has 0 aromatic carbocycles. The van der Waals surface area contributed by atoms with Crippen molar-refractivity contribution in [2.45, 2.75) is 50.7 Å². The van der Waals surface area contributed by atoms with Gasteiger partial charge >= 0.3 is 0 Å². The van der Waals surface area contributed by atoms with E-state index in [0.717, 1.165) is 12.8 Å². The van der Waals surface area contributed by atoms with Crippen molar-refractivity contribution in [1.29, 1.82) is 0 Å². The van der Waals surface area contributed by atoms with E-state index < -0.39 is 14.6 Å². The highest BCUT2D eigenvalue weighted by Gasteiger charge is 2.57. The number of hydrogen-bond donors (Lipinski definition) is 1. The minimum absolute atomic E-state index is 0.238. The molecule has 0 amide bonds. The zero-order valence-electron chi connectivity index (χ0n) is 10.3. The molecule has 1 saturated carbocycles. The molecule has 0 bridgehead atoms. The summed E-state index contributed by atoms with van der Waals surface area (Å²) in [7, 11) is -2.89. The van der Waals surface area contributed by atoms with Gasteiger partial charge < -0.3 is 5.73 Å². The van der Waals surface area contributed by atoms with Crippen molar-refractivity contribution in [2.75, 3.05) is 12.3 Å². The van der Waals surface area contributed by atoms with Crippen LogP contribution in [-0.4, -0.2) is 25.5 Å². The summed E-state index contributed by atoms with van der Waals surface area (Å²) >= 11 is 0. The summed E-state index contributed by atoms with van der Waals surface area (Å²) < 4.78 is 23.6. The van der Waals surface area contributed by atoms with Gasteiger partial charge in [0.1, 0.15) is 0 Å². The molecule has 2 rings (SSSR count). The van der Waals surface area contributed by atoms with E-state index in [1.54, 1.807) is 0 Å². The summed E-state index contributed by atoms with van der Waals surface area (Å²) in [5.74, 6) is 0.694. The first-order valence-corrected chi connectivity index (χ1v) is 7.93. The van der Waals surface area contributed by atoms with E-state index >= 15 is 0 Å². The highest BCUT2D eigenvalue weighted by molar-refractivity contribution is 7.93. The van der Waals surface area contributed by atoms with Gasteiger partial charge in [0.15, 0.2) is 9.84 Å². The Morgan fingerprint density at radius 2 is 1.94 bits per heavy atom. The molecule has 16 heavy (non-hydrogen) atoms. The average Bonchev–Trinajstić information content (AvgIpc) is 2.32. The molecular weight excluding hydrogens is 222 g/mol. The maximum absolute atomic E-state index is 12.1. The standard InChI is InChI=1S/C12H23NO2S/c1-11(2)10(4-9-16(11,14)15)12(7-8-13)5-3-6-12/h10H,3-9,13H2,1-2H3. The molecule has 94 valence electrons. The molecule has 1 aliphatic carbocycles. The first-order chi connectivity index (χ1) is 7.36. The largest absolute Gasteiger partial charge is 0.330 e. The second-order valence-electron chi connectivity index (χ2n) is 6.02. The van der Waals surface area contributed by atoms with E-state index in [-0.39, 0.29) is 5.41 Å². The molecule has 1 aliphatic heterocycles. The third-order valence-electron chi connectivity index (χ3n) is 5.05. The van der Waals surface area contributed by atoms with Gasteiger partial charge in [-0.15, -0.1) is 0 Å². The molecule has 0 radical (unpaired) electrons. The van der Waals surface area contributed by atoms with Crippen molar-refractivity contribution in [2.24, 2.45) is 17.1 Å². The fourth-order valence-corrected chi connectivity index (χ4v) is 5.71. The van der Waals surface area contributed by atoms with Gasteiger partial charge in [0.2, 0.25) is 0 Å². The van der Waals surface area contributed by atoms with Crippen molar-refractivity contribution < 1.29 is 8.42 Å². The van der Waals surface area contributed by atoms with Crippen molar-refractivity contribution in [3.05, 3.63) is 0 Å². The van der Waals surface area contributed by atoms with E-state index in [9.17, 15) is 8.42 Å². The number of hydrogen-bond acceptors (Lipinski definition) is 3. The summed E-state index contributed by atoms with van der Waals surface area (Å²) in [6.45, 7) is 4.51. The maximum Gasteiger partial charge on any atom is 0.155 e. The van der Waals surface area contributed by atoms with Crippen LogP contribution in [0.5, 0.6) is 0 Å². The molecule has 2 N–H and O–H groups in total. The highest BCUT2D eigenvalue weighted by Crippen LogP contribution is 2.58. The van der Waals surface area contributed by atoms with Crippen LogP contribution in [0.2, 0.25) is 0 Å². The summed E-state index contributed by atoms with van der Waals surface area (Å²) in [4.78, 5) is 0. The van der Waals surface area contributed by atoms with Gasteiger partial charge in [0.25, 0.3) is 0 Å². The van der Waals surface area contributed by atoms with E-state index in [1.165, 1.54) is 19.3 Å². The van der Waals surface area contributed by atoms with Gasteiger partial charge in [-0.25, -0.2) is 8.42 Å². The predicted molar refractivity (Wildman–Crippen MR) is 65.9 cm³/mol. The third kappa shape index (κ3) is 1.53. The molecule has 4 heteroatoms. The molecule has 0 aromatic heterocycles. The summed E-state index contributed by atoms with van der Waals surface area (Å²) in [6, 6.07) is 0.